The Morgan fingerprint density at radius 1 is 1.32 bits per heavy atom. The second kappa shape index (κ2) is 8.04. The molecule has 3 rings (SSSR count). The highest BCUT2D eigenvalue weighted by Crippen LogP contribution is 2.22. The number of aromatic nitrogens is 2. The summed E-state index contributed by atoms with van der Waals surface area (Å²) < 4.78 is 5.44. The minimum atomic E-state index is -0.331. The fourth-order valence-electron chi connectivity index (χ4n) is 2.98. The summed E-state index contributed by atoms with van der Waals surface area (Å²) in [6.07, 6.45) is 0. The fraction of sp³-hybridized carbons (Fsp3) is 0.389. The molecule has 0 aliphatic carbocycles. The number of nitrogens with zero attached hydrogens (tertiary/aromatic N) is 2. The maximum absolute atomic E-state index is 12.3. The van der Waals surface area contributed by atoms with Crippen molar-refractivity contribution >= 4 is 5.91 Å². The van der Waals surface area contributed by atoms with E-state index < -0.39 is 0 Å². The number of H-pyrrole nitrogens is 1. The van der Waals surface area contributed by atoms with Crippen molar-refractivity contribution in [2.24, 2.45) is 0 Å². The number of carbonyl (C=O) groups excluding carboxylic acids is 1. The van der Waals surface area contributed by atoms with Gasteiger partial charge in [-0.25, -0.2) is 5.10 Å². The van der Waals surface area contributed by atoms with E-state index in [0.717, 1.165) is 18.7 Å². The minimum Gasteiger partial charge on any atom is -0.379 e. The molecule has 0 radical (unpaired) electrons. The SMILES string of the molecule is Cc1cccc([C@@H](CNC(=O)c2ccc(=O)[nH]n2)N2CCOCC2)c1. The van der Waals surface area contributed by atoms with Gasteiger partial charge in [-0.3, -0.25) is 14.5 Å². The van der Waals surface area contributed by atoms with E-state index >= 15 is 0 Å². The van der Waals surface area contributed by atoms with Gasteiger partial charge in [-0.05, 0) is 18.6 Å². The van der Waals surface area contributed by atoms with Gasteiger partial charge in [0.1, 0.15) is 5.69 Å². The van der Waals surface area contributed by atoms with Crippen LogP contribution in [0.3, 0.4) is 0 Å². The van der Waals surface area contributed by atoms with Crippen LogP contribution in [-0.4, -0.2) is 53.9 Å². The third-order valence-corrected chi connectivity index (χ3v) is 4.28. The van der Waals surface area contributed by atoms with Crippen LogP contribution in [0.25, 0.3) is 0 Å². The van der Waals surface area contributed by atoms with Gasteiger partial charge in [0.15, 0.2) is 0 Å². The van der Waals surface area contributed by atoms with Crippen molar-refractivity contribution in [3.05, 3.63) is 63.6 Å². The Morgan fingerprint density at radius 2 is 2.12 bits per heavy atom. The summed E-state index contributed by atoms with van der Waals surface area (Å²) in [5.41, 5.74) is 2.22. The lowest BCUT2D eigenvalue weighted by atomic mass is 10.0. The van der Waals surface area contributed by atoms with E-state index in [1.807, 2.05) is 6.07 Å². The number of amides is 1. The Balaban J connectivity index is 1.74. The molecule has 1 fully saturated rings. The molecule has 2 heterocycles. The fourth-order valence-corrected chi connectivity index (χ4v) is 2.98. The average Bonchev–Trinajstić information content (AvgIpc) is 2.63. The van der Waals surface area contributed by atoms with Gasteiger partial charge in [-0.2, -0.15) is 5.10 Å². The van der Waals surface area contributed by atoms with Gasteiger partial charge in [0.05, 0.1) is 19.3 Å². The third kappa shape index (κ3) is 4.52. The standard InChI is InChI=1S/C18H22N4O3/c1-13-3-2-4-14(11-13)16(22-7-9-25-10-8-22)12-19-18(24)15-5-6-17(23)21-20-15/h2-6,11,16H,7-10,12H2,1H3,(H,19,24)(H,21,23)/t16-/m1/s1. The average molecular weight is 342 g/mol. The van der Waals surface area contributed by atoms with Gasteiger partial charge in [-0.15, -0.1) is 0 Å². The van der Waals surface area contributed by atoms with Crippen LogP contribution in [0.5, 0.6) is 0 Å². The third-order valence-electron chi connectivity index (χ3n) is 4.28. The van der Waals surface area contributed by atoms with Gasteiger partial charge in [0, 0.05) is 25.7 Å². The summed E-state index contributed by atoms with van der Waals surface area (Å²) >= 11 is 0. The number of carbonyl (C=O) groups is 1. The topological polar surface area (TPSA) is 87.3 Å². The van der Waals surface area contributed by atoms with E-state index in [9.17, 15) is 9.59 Å². The van der Waals surface area contributed by atoms with Crippen molar-refractivity contribution in [3.8, 4) is 0 Å². The Hall–Kier alpha value is -2.51. The zero-order valence-corrected chi connectivity index (χ0v) is 14.2. The summed E-state index contributed by atoms with van der Waals surface area (Å²) in [4.78, 5) is 25.7. The number of aromatic amines is 1. The molecular weight excluding hydrogens is 320 g/mol. The van der Waals surface area contributed by atoms with E-state index in [0.29, 0.717) is 19.8 Å². The highest BCUT2D eigenvalue weighted by molar-refractivity contribution is 5.91. The van der Waals surface area contributed by atoms with Crippen LogP contribution in [0, 0.1) is 6.92 Å². The number of rotatable bonds is 5. The number of nitrogens with one attached hydrogen (secondary N) is 2. The summed E-state index contributed by atoms with van der Waals surface area (Å²) in [6, 6.07) is 11.1. The van der Waals surface area contributed by atoms with E-state index in [-0.39, 0.29) is 23.2 Å². The monoisotopic (exact) mass is 342 g/mol. The number of morpholine rings is 1. The Bertz CT molecular complexity index is 763. The van der Waals surface area contributed by atoms with Gasteiger partial charge >= 0.3 is 0 Å². The van der Waals surface area contributed by atoms with Crippen molar-refractivity contribution < 1.29 is 9.53 Å². The number of benzene rings is 1. The molecule has 7 nitrogen and oxygen atoms in total. The van der Waals surface area contributed by atoms with Gasteiger partial charge in [0.25, 0.3) is 11.5 Å². The smallest absolute Gasteiger partial charge is 0.271 e. The van der Waals surface area contributed by atoms with E-state index in [1.54, 1.807) is 0 Å². The molecule has 132 valence electrons. The van der Waals surface area contributed by atoms with Crippen molar-refractivity contribution in [1.82, 2.24) is 20.4 Å². The van der Waals surface area contributed by atoms with Crippen molar-refractivity contribution in [1.29, 1.82) is 0 Å². The first-order chi connectivity index (χ1) is 12.1. The molecule has 0 saturated carbocycles. The molecule has 0 bridgehead atoms. The Morgan fingerprint density at radius 3 is 2.80 bits per heavy atom. The summed E-state index contributed by atoms with van der Waals surface area (Å²) in [5.74, 6) is -0.304. The lowest BCUT2D eigenvalue weighted by Crippen LogP contribution is -2.44. The van der Waals surface area contributed by atoms with E-state index in [2.05, 4.69) is 45.5 Å². The predicted molar refractivity (Wildman–Crippen MR) is 93.5 cm³/mol. The molecule has 2 aromatic rings. The predicted octanol–water partition coefficient (Wildman–Crippen LogP) is 0.882. The molecule has 1 aromatic heterocycles. The van der Waals surface area contributed by atoms with E-state index in [1.165, 1.54) is 17.7 Å². The van der Waals surface area contributed by atoms with Crippen LogP contribution in [0.1, 0.15) is 27.7 Å². The molecule has 0 spiro atoms. The molecule has 1 aliphatic rings. The molecule has 0 unspecified atom stereocenters. The van der Waals surface area contributed by atoms with Crippen molar-refractivity contribution in [3.63, 3.8) is 0 Å². The highest BCUT2D eigenvalue weighted by Gasteiger charge is 2.23. The summed E-state index contributed by atoms with van der Waals surface area (Å²) in [5, 5.41) is 8.98. The number of ether oxygens (including phenoxy) is 1. The number of hydrogen-bond donors (Lipinski definition) is 2. The van der Waals surface area contributed by atoms with Gasteiger partial charge in [-0.1, -0.05) is 29.8 Å². The molecule has 25 heavy (non-hydrogen) atoms. The lowest BCUT2D eigenvalue weighted by Gasteiger charge is -2.35. The van der Waals surface area contributed by atoms with Gasteiger partial charge in [0.2, 0.25) is 0 Å². The number of aryl methyl sites for hydroxylation is 1. The first-order valence-electron chi connectivity index (χ1n) is 8.36. The van der Waals surface area contributed by atoms with Crippen LogP contribution in [0.15, 0.2) is 41.2 Å². The minimum absolute atomic E-state index is 0.0653. The highest BCUT2D eigenvalue weighted by atomic mass is 16.5. The second-order valence-corrected chi connectivity index (χ2v) is 6.09. The first-order valence-corrected chi connectivity index (χ1v) is 8.36. The molecule has 1 amide bonds. The quantitative estimate of drug-likeness (QED) is 0.842. The molecule has 1 saturated heterocycles. The summed E-state index contributed by atoms with van der Waals surface area (Å²) in [7, 11) is 0. The normalized spacial score (nSPS) is 16.4. The zero-order chi connectivity index (χ0) is 17.6. The molecule has 2 N–H and O–H groups in total. The van der Waals surface area contributed by atoms with Gasteiger partial charge < -0.3 is 10.1 Å². The number of hydrogen-bond acceptors (Lipinski definition) is 5. The van der Waals surface area contributed by atoms with Crippen molar-refractivity contribution in [2.75, 3.05) is 32.8 Å². The zero-order valence-electron chi connectivity index (χ0n) is 14.2. The van der Waals surface area contributed by atoms with Crippen LogP contribution in [0.2, 0.25) is 0 Å². The lowest BCUT2D eigenvalue weighted by molar-refractivity contribution is 0.0162. The molecule has 1 aromatic carbocycles. The molecule has 1 atom stereocenters. The van der Waals surface area contributed by atoms with E-state index in [4.69, 9.17) is 4.74 Å². The van der Waals surface area contributed by atoms with Crippen LogP contribution < -0.4 is 10.9 Å². The van der Waals surface area contributed by atoms with Crippen LogP contribution in [-0.2, 0) is 4.74 Å². The Labute approximate surface area is 146 Å². The largest absolute Gasteiger partial charge is 0.379 e. The maximum atomic E-state index is 12.3. The second-order valence-electron chi connectivity index (χ2n) is 6.09. The van der Waals surface area contributed by atoms with Crippen molar-refractivity contribution in [2.45, 2.75) is 13.0 Å². The molecule has 7 heteroatoms. The summed E-state index contributed by atoms with van der Waals surface area (Å²) in [6.45, 7) is 5.55. The molecular formula is C18H22N4O3. The first kappa shape index (κ1) is 17.3. The Kier molecular flexibility index (Phi) is 5.57. The van der Waals surface area contributed by atoms with Crippen LogP contribution >= 0.6 is 0 Å². The van der Waals surface area contributed by atoms with Crippen LogP contribution in [0.4, 0.5) is 0 Å². The molecule has 1 aliphatic heterocycles. The maximum Gasteiger partial charge on any atom is 0.271 e.